The molecule has 4 heterocycles. The minimum absolute atomic E-state index is 0.679. The van der Waals surface area contributed by atoms with E-state index in [9.17, 15) is 0 Å². The number of hydrogen-bond donors (Lipinski definition) is 0. The van der Waals surface area contributed by atoms with Crippen LogP contribution in [0.2, 0.25) is 0 Å². The van der Waals surface area contributed by atoms with E-state index >= 15 is 0 Å². The fraction of sp³-hybridized carbons (Fsp3) is 0. The maximum Gasteiger partial charge on any atom is 0.235 e. The summed E-state index contributed by atoms with van der Waals surface area (Å²) in [4.78, 5) is 11.2. The van der Waals surface area contributed by atoms with Gasteiger partial charge in [-0.15, -0.1) is 22.7 Å². The van der Waals surface area contributed by atoms with Crippen LogP contribution in [-0.4, -0.2) is 14.5 Å². The number of rotatable bonds is 3. The number of aromatic nitrogens is 3. The summed E-state index contributed by atoms with van der Waals surface area (Å²) in [6.45, 7) is 0. The Bertz CT molecular complexity index is 3450. The van der Waals surface area contributed by atoms with E-state index in [4.69, 9.17) is 9.97 Å². The van der Waals surface area contributed by atoms with Gasteiger partial charge in [-0.3, -0.25) is 4.57 Å². The van der Waals surface area contributed by atoms with Gasteiger partial charge in [0.2, 0.25) is 5.95 Å². The summed E-state index contributed by atoms with van der Waals surface area (Å²) >= 11 is 3.67. The Morgan fingerprint density at radius 3 is 1.92 bits per heavy atom. The van der Waals surface area contributed by atoms with Crippen LogP contribution in [0, 0.1) is 0 Å². The fourth-order valence-corrected chi connectivity index (χ4v) is 10.9. The molecular weight excluding hydrogens is 683 g/mol. The van der Waals surface area contributed by atoms with Crippen LogP contribution in [0.4, 0.5) is 0 Å². The molecule has 0 fully saturated rings. The van der Waals surface area contributed by atoms with Gasteiger partial charge in [0.25, 0.3) is 0 Å². The van der Waals surface area contributed by atoms with Crippen LogP contribution in [0.15, 0.2) is 164 Å². The normalized spacial score (nSPS) is 12.2. The molecule has 53 heavy (non-hydrogen) atoms. The smallest absolute Gasteiger partial charge is 0.235 e. The van der Waals surface area contributed by atoms with Crippen molar-refractivity contribution < 1.29 is 0 Å². The van der Waals surface area contributed by atoms with E-state index < -0.39 is 0 Å². The van der Waals surface area contributed by atoms with Gasteiger partial charge in [-0.05, 0) is 40.1 Å². The van der Waals surface area contributed by atoms with Crippen molar-refractivity contribution in [3.05, 3.63) is 164 Å². The molecule has 8 aromatic carbocycles. The third kappa shape index (κ3) is 4.15. The second-order valence-electron chi connectivity index (χ2n) is 13.7. The molecule has 12 rings (SSSR count). The molecule has 5 heteroatoms. The summed E-state index contributed by atoms with van der Waals surface area (Å²) in [5.74, 6) is 0.679. The highest BCUT2D eigenvalue weighted by atomic mass is 32.1. The summed E-state index contributed by atoms with van der Waals surface area (Å²) in [5, 5.41) is 11.1. The highest BCUT2D eigenvalue weighted by molar-refractivity contribution is 7.27. The van der Waals surface area contributed by atoms with E-state index in [0.29, 0.717) is 5.95 Å². The standard InChI is InChI=1S/C48H27N3S2/c1-3-13-28(14-4-1)31-23-25-35-37(27-31)51(45-33-19-9-10-20-34(33)46-42(41(35)45)36-21-11-12-22-38(36)52-46)48-49-43(30-16-5-2-6-17-30)47-44(50-48)40-32-18-8-7-15-29(32)24-26-39(40)53-47/h1-27H. The fourth-order valence-electron chi connectivity index (χ4n) is 8.47. The molecule has 0 saturated heterocycles. The number of nitrogens with zero attached hydrogens (tertiary/aromatic N) is 3. The van der Waals surface area contributed by atoms with Gasteiger partial charge in [0.15, 0.2) is 0 Å². The SMILES string of the molecule is c1ccc(-c2ccc3c4c5c6ccccc6sc5c5ccccc5c4n(-c4nc(-c5ccccc5)c5sc6ccc7ccccc7c6c5n4)c3c2)cc1. The van der Waals surface area contributed by atoms with Gasteiger partial charge >= 0.3 is 0 Å². The van der Waals surface area contributed by atoms with E-state index in [1.165, 1.54) is 68.1 Å². The van der Waals surface area contributed by atoms with Crippen LogP contribution in [0.1, 0.15) is 0 Å². The van der Waals surface area contributed by atoms with Crippen molar-refractivity contribution in [2.75, 3.05) is 0 Å². The third-order valence-corrected chi connectivity index (χ3v) is 13.1. The summed E-state index contributed by atoms with van der Waals surface area (Å²) < 4.78 is 7.30. The quantitative estimate of drug-likeness (QED) is 0.183. The van der Waals surface area contributed by atoms with Crippen LogP contribution in [0.5, 0.6) is 0 Å². The van der Waals surface area contributed by atoms with Gasteiger partial charge in [0.1, 0.15) is 0 Å². The number of fused-ring (bicyclic) bond motifs is 15. The Balaban J connectivity index is 1.33. The molecule has 0 amide bonds. The van der Waals surface area contributed by atoms with Crippen LogP contribution in [0.3, 0.4) is 0 Å². The second kappa shape index (κ2) is 11.1. The lowest BCUT2D eigenvalue weighted by Gasteiger charge is -2.12. The highest BCUT2D eigenvalue weighted by Crippen LogP contribution is 2.49. The lowest BCUT2D eigenvalue weighted by atomic mass is 9.98. The van der Waals surface area contributed by atoms with E-state index in [-0.39, 0.29) is 0 Å². The Hall–Kier alpha value is -6.40. The monoisotopic (exact) mass is 709 g/mol. The molecule has 0 spiro atoms. The summed E-state index contributed by atoms with van der Waals surface area (Å²) in [6.07, 6.45) is 0. The van der Waals surface area contributed by atoms with Crippen molar-refractivity contribution in [2.45, 2.75) is 0 Å². The Morgan fingerprint density at radius 2 is 1.09 bits per heavy atom. The molecular formula is C48H27N3S2. The lowest BCUT2D eigenvalue weighted by molar-refractivity contribution is 1.02. The first kappa shape index (κ1) is 29.2. The highest BCUT2D eigenvalue weighted by Gasteiger charge is 2.25. The van der Waals surface area contributed by atoms with Crippen molar-refractivity contribution in [3.8, 4) is 28.3 Å². The van der Waals surface area contributed by atoms with E-state index in [2.05, 4.69) is 168 Å². The average molecular weight is 710 g/mol. The minimum Gasteiger partial charge on any atom is -0.277 e. The molecule has 0 radical (unpaired) electrons. The first-order valence-electron chi connectivity index (χ1n) is 17.8. The zero-order valence-corrected chi connectivity index (χ0v) is 29.9. The molecule has 246 valence electrons. The molecule has 12 aromatic rings. The van der Waals surface area contributed by atoms with Crippen LogP contribution >= 0.6 is 22.7 Å². The van der Waals surface area contributed by atoms with Gasteiger partial charge in [-0.25, -0.2) is 9.97 Å². The van der Waals surface area contributed by atoms with Crippen molar-refractivity contribution >= 4 is 106 Å². The predicted molar refractivity (Wildman–Crippen MR) is 228 cm³/mol. The molecule has 0 N–H and O–H groups in total. The van der Waals surface area contributed by atoms with Crippen molar-refractivity contribution in [3.63, 3.8) is 0 Å². The Kier molecular flexibility index (Phi) is 6.09. The molecule has 0 bridgehead atoms. The van der Waals surface area contributed by atoms with Crippen molar-refractivity contribution in [1.29, 1.82) is 0 Å². The average Bonchev–Trinajstić information content (AvgIpc) is 3.91. The molecule has 0 unspecified atom stereocenters. The van der Waals surface area contributed by atoms with Crippen LogP contribution < -0.4 is 0 Å². The van der Waals surface area contributed by atoms with Gasteiger partial charge in [-0.1, -0.05) is 146 Å². The molecule has 4 aromatic heterocycles. The van der Waals surface area contributed by atoms with E-state index in [0.717, 1.165) is 38.1 Å². The van der Waals surface area contributed by atoms with Gasteiger partial charge in [-0.2, -0.15) is 0 Å². The van der Waals surface area contributed by atoms with E-state index in [1.807, 2.05) is 11.3 Å². The minimum atomic E-state index is 0.679. The zero-order chi connectivity index (χ0) is 34.6. The molecule has 0 saturated carbocycles. The largest absolute Gasteiger partial charge is 0.277 e. The summed E-state index contributed by atoms with van der Waals surface area (Å²) in [6, 6.07) is 59.1. The van der Waals surface area contributed by atoms with Gasteiger partial charge in [0, 0.05) is 57.4 Å². The zero-order valence-electron chi connectivity index (χ0n) is 28.2. The number of hydrogen-bond acceptors (Lipinski definition) is 4. The number of benzene rings is 8. The second-order valence-corrected chi connectivity index (χ2v) is 15.8. The van der Waals surface area contributed by atoms with Crippen molar-refractivity contribution in [2.24, 2.45) is 0 Å². The first-order valence-corrected chi connectivity index (χ1v) is 19.5. The lowest BCUT2D eigenvalue weighted by Crippen LogP contribution is -2.03. The maximum atomic E-state index is 5.65. The topological polar surface area (TPSA) is 30.7 Å². The Morgan fingerprint density at radius 1 is 0.415 bits per heavy atom. The predicted octanol–water partition coefficient (Wildman–Crippen LogP) is 13.9. The molecule has 0 aliphatic heterocycles. The summed E-state index contributed by atoms with van der Waals surface area (Å²) in [7, 11) is 0. The van der Waals surface area contributed by atoms with Crippen LogP contribution in [0.25, 0.3) is 112 Å². The van der Waals surface area contributed by atoms with E-state index in [1.54, 1.807) is 11.3 Å². The van der Waals surface area contributed by atoms with Gasteiger partial charge < -0.3 is 0 Å². The molecule has 0 aliphatic carbocycles. The maximum absolute atomic E-state index is 5.65. The number of thiophene rings is 2. The Labute approximate surface area is 311 Å². The van der Waals surface area contributed by atoms with Gasteiger partial charge in [0.05, 0.1) is 26.9 Å². The molecule has 0 aliphatic rings. The first-order chi connectivity index (χ1) is 26.3. The molecule has 3 nitrogen and oxygen atoms in total. The third-order valence-electron chi connectivity index (χ3n) is 10.8. The molecule has 0 atom stereocenters. The van der Waals surface area contributed by atoms with Crippen LogP contribution in [-0.2, 0) is 0 Å². The summed E-state index contributed by atoms with van der Waals surface area (Å²) in [5.41, 5.74) is 7.60. The van der Waals surface area contributed by atoms with Crippen molar-refractivity contribution in [1.82, 2.24) is 14.5 Å².